The summed E-state index contributed by atoms with van der Waals surface area (Å²) >= 11 is 7.62. The van der Waals surface area contributed by atoms with Gasteiger partial charge < -0.3 is 9.42 Å². The number of piperazine rings is 1. The van der Waals surface area contributed by atoms with Crippen LogP contribution in [0.3, 0.4) is 0 Å². The Kier molecular flexibility index (Phi) is 6.04. The summed E-state index contributed by atoms with van der Waals surface area (Å²) in [7, 11) is 0. The largest absolute Gasteiger partial charge is 0.340 e. The molecule has 0 bridgehead atoms. The van der Waals surface area contributed by atoms with Gasteiger partial charge in [0, 0.05) is 56.2 Å². The van der Waals surface area contributed by atoms with Crippen molar-refractivity contribution in [1.29, 1.82) is 0 Å². The molecule has 1 aromatic carbocycles. The van der Waals surface area contributed by atoms with Crippen molar-refractivity contribution in [3.63, 3.8) is 0 Å². The fourth-order valence-electron chi connectivity index (χ4n) is 3.24. The average Bonchev–Trinajstić information content (AvgIpc) is 3.39. The van der Waals surface area contributed by atoms with E-state index in [1.807, 2.05) is 17.0 Å². The van der Waals surface area contributed by atoms with Gasteiger partial charge in [0.1, 0.15) is 0 Å². The van der Waals surface area contributed by atoms with E-state index in [1.165, 1.54) is 5.56 Å². The SMILES string of the molecule is O=C(CCc1nc(-c2ccc(Cl)cc2)no1)N1CCN(Cc2ccsc2)CC1. The van der Waals surface area contributed by atoms with E-state index in [1.54, 1.807) is 23.5 Å². The lowest BCUT2D eigenvalue weighted by atomic mass is 10.2. The van der Waals surface area contributed by atoms with Crippen molar-refractivity contribution < 1.29 is 9.32 Å². The molecule has 1 aliphatic rings. The second-order valence-corrected chi connectivity index (χ2v) is 8.02. The molecule has 1 saturated heterocycles. The zero-order chi connectivity index (χ0) is 19.3. The number of carbonyl (C=O) groups excluding carboxylic acids is 1. The van der Waals surface area contributed by atoms with Crippen LogP contribution in [0.2, 0.25) is 5.02 Å². The van der Waals surface area contributed by atoms with Gasteiger partial charge in [-0.3, -0.25) is 9.69 Å². The predicted molar refractivity (Wildman–Crippen MR) is 109 cm³/mol. The van der Waals surface area contributed by atoms with Crippen molar-refractivity contribution in [2.75, 3.05) is 26.2 Å². The first-order valence-corrected chi connectivity index (χ1v) is 10.6. The third-order valence-corrected chi connectivity index (χ3v) is 5.82. The molecule has 0 atom stereocenters. The van der Waals surface area contributed by atoms with Gasteiger partial charge >= 0.3 is 0 Å². The lowest BCUT2D eigenvalue weighted by Crippen LogP contribution is -2.48. The molecule has 0 unspecified atom stereocenters. The summed E-state index contributed by atoms with van der Waals surface area (Å²) < 4.78 is 5.29. The van der Waals surface area contributed by atoms with Crippen molar-refractivity contribution in [2.45, 2.75) is 19.4 Å². The van der Waals surface area contributed by atoms with Crippen LogP contribution >= 0.6 is 22.9 Å². The molecule has 6 nitrogen and oxygen atoms in total. The molecule has 1 aliphatic heterocycles. The number of rotatable bonds is 6. The predicted octanol–water partition coefficient (Wildman–Crippen LogP) is 3.73. The van der Waals surface area contributed by atoms with Crippen LogP contribution in [0.25, 0.3) is 11.4 Å². The summed E-state index contributed by atoms with van der Waals surface area (Å²) in [4.78, 5) is 21.2. The first-order chi connectivity index (χ1) is 13.7. The van der Waals surface area contributed by atoms with E-state index < -0.39 is 0 Å². The van der Waals surface area contributed by atoms with Crippen molar-refractivity contribution >= 4 is 28.8 Å². The molecular formula is C20H21ClN4O2S. The van der Waals surface area contributed by atoms with E-state index in [0.29, 0.717) is 29.6 Å². The van der Waals surface area contributed by atoms with Crippen LogP contribution in [0.4, 0.5) is 0 Å². The first kappa shape index (κ1) is 19.1. The van der Waals surface area contributed by atoms with Gasteiger partial charge in [-0.05, 0) is 46.7 Å². The Bertz CT molecular complexity index is 903. The molecule has 3 aromatic rings. The fourth-order valence-corrected chi connectivity index (χ4v) is 4.03. The number of amides is 1. The Balaban J connectivity index is 1.24. The van der Waals surface area contributed by atoms with Crippen LogP contribution in [-0.2, 0) is 17.8 Å². The van der Waals surface area contributed by atoms with E-state index in [2.05, 4.69) is 31.9 Å². The Morgan fingerprint density at radius 3 is 2.64 bits per heavy atom. The molecule has 0 radical (unpaired) electrons. The van der Waals surface area contributed by atoms with Crippen molar-refractivity contribution in [3.8, 4) is 11.4 Å². The van der Waals surface area contributed by atoms with Crippen LogP contribution in [0, 0.1) is 0 Å². The number of hydrogen-bond donors (Lipinski definition) is 0. The zero-order valence-electron chi connectivity index (χ0n) is 15.4. The maximum atomic E-state index is 12.5. The highest BCUT2D eigenvalue weighted by Gasteiger charge is 2.21. The molecule has 0 spiro atoms. The second-order valence-electron chi connectivity index (χ2n) is 6.81. The second kappa shape index (κ2) is 8.86. The van der Waals surface area contributed by atoms with Crippen LogP contribution in [0.15, 0.2) is 45.6 Å². The number of hydrogen-bond acceptors (Lipinski definition) is 6. The number of nitrogens with zero attached hydrogens (tertiary/aromatic N) is 4. The van der Waals surface area contributed by atoms with Crippen LogP contribution in [0.1, 0.15) is 17.9 Å². The fraction of sp³-hybridized carbons (Fsp3) is 0.350. The monoisotopic (exact) mass is 416 g/mol. The van der Waals surface area contributed by atoms with E-state index >= 15 is 0 Å². The van der Waals surface area contributed by atoms with Gasteiger partial charge in [-0.25, -0.2) is 0 Å². The lowest BCUT2D eigenvalue weighted by Gasteiger charge is -2.34. The highest BCUT2D eigenvalue weighted by atomic mass is 35.5. The van der Waals surface area contributed by atoms with Gasteiger partial charge in [-0.2, -0.15) is 16.3 Å². The summed E-state index contributed by atoms with van der Waals surface area (Å²) in [6.07, 6.45) is 0.835. The van der Waals surface area contributed by atoms with Crippen molar-refractivity contribution in [3.05, 3.63) is 57.6 Å². The Hall–Kier alpha value is -2.22. The minimum atomic E-state index is 0.140. The first-order valence-electron chi connectivity index (χ1n) is 9.27. The van der Waals surface area contributed by atoms with E-state index in [0.717, 1.165) is 38.3 Å². The minimum Gasteiger partial charge on any atom is -0.340 e. The quantitative estimate of drug-likeness (QED) is 0.612. The normalized spacial score (nSPS) is 15.1. The van der Waals surface area contributed by atoms with Crippen LogP contribution < -0.4 is 0 Å². The Labute approximate surface area is 172 Å². The summed E-state index contributed by atoms with van der Waals surface area (Å²) in [5, 5.41) is 8.94. The Morgan fingerprint density at radius 1 is 1.14 bits per heavy atom. The summed E-state index contributed by atoms with van der Waals surface area (Å²) in [5.41, 5.74) is 2.19. The molecule has 146 valence electrons. The van der Waals surface area contributed by atoms with Gasteiger partial charge in [-0.1, -0.05) is 16.8 Å². The molecule has 2 aromatic heterocycles. The number of thiophene rings is 1. The molecule has 0 aliphatic carbocycles. The van der Waals surface area contributed by atoms with Crippen LogP contribution in [0.5, 0.6) is 0 Å². The number of aryl methyl sites for hydroxylation is 1. The molecule has 8 heteroatoms. The molecule has 3 heterocycles. The van der Waals surface area contributed by atoms with E-state index in [-0.39, 0.29) is 5.91 Å². The standard InChI is InChI=1S/C20H21ClN4O2S/c21-17-3-1-16(2-4-17)20-22-18(27-23-20)5-6-19(26)25-10-8-24(9-11-25)13-15-7-12-28-14-15/h1-4,7,12,14H,5-6,8-11,13H2. The maximum absolute atomic E-state index is 12.5. The van der Waals surface area contributed by atoms with Crippen molar-refractivity contribution in [2.24, 2.45) is 0 Å². The average molecular weight is 417 g/mol. The van der Waals surface area contributed by atoms with E-state index in [4.69, 9.17) is 16.1 Å². The molecule has 0 N–H and O–H groups in total. The minimum absolute atomic E-state index is 0.140. The van der Waals surface area contributed by atoms with Gasteiger partial charge in [0.25, 0.3) is 0 Å². The van der Waals surface area contributed by atoms with E-state index in [9.17, 15) is 4.79 Å². The summed E-state index contributed by atoms with van der Waals surface area (Å²) in [5.74, 6) is 1.14. The highest BCUT2D eigenvalue weighted by Crippen LogP contribution is 2.19. The summed E-state index contributed by atoms with van der Waals surface area (Å²) in [6.45, 7) is 4.30. The molecular weight excluding hydrogens is 396 g/mol. The third-order valence-electron chi connectivity index (χ3n) is 4.83. The van der Waals surface area contributed by atoms with Gasteiger partial charge in [0.05, 0.1) is 0 Å². The smallest absolute Gasteiger partial charge is 0.227 e. The van der Waals surface area contributed by atoms with Gasteiger partial charge in [-0.15, -0.1) is 0 Å². The number of carbonyl (C=O) groups is 1. The molecule has 28 heavy (non-hydrogen) atoms. The Morgan fingerprint density at radius 2 is 1.93 bits per heavy atom. The molecule has 0 saturated carbocycles. The molecule has 1 fully saturated rings. The highest BCUT2D eigenvalue weighted by molar-refractivity contribution is 7.07. The van der Waals surface area contributed by atoms with Crippen molar-refractivity contribution in [1.82, 2.24) is 19.9 Å². The third kappa shape index (κ3) is 4.79. The number of halogens is 1. The summed E-state index contributed by atoms with van der Waals surface area (Å²) in [6, 6.07) is 9.42. The van der Waals surface area contributed by atoms with Crippen LogP contribution in [-0.4, -0.2) is 52.0 Å². The number of benzene rings is 1. The zero-order valence-corrected chi connectivity index (χ0v) is 17.0. The number of aromatic nitrogens is 2. The lowest BCUT2D eigenvalue weighted by molar-refractivity contribution is -0.133. The maximum Gasteiger partial charge on any atom is 0.227 e. The van der Waals surface area contributed by atoms with Gasteiger partial charge in [0.15, 0.2) is 0 Å². The molecule has 1 amide bonds. The molecule has 4 rings (SSSR count). The topological polar surface area (TPSA) is 62.5 Å². The van der Waals surface area contributed by atoms with Gasteiger partial charge in [0.2, 0.25) is 17.6 Å².